The fourth-order valence-electron chi connectivity index (χ4n) is 3.20. The van der Waals surface area contributed by atoms with E-state index in [-0.39, 0.29) is 18.4 Å². The van der Waals surface area contributed by atoms with Crippen LogP contribution >= 0.6 is 11.3 Å². The maximum absolute atomic E-state index is 12.6. The molecule has 0 aliphatic carbocycles. The predicted molar refractivity (Wildman–Crippen MR) is 134 cm³/mol. The Bertz CT molecular complexity index is 1300. The highest BCUT2D eigenvalue weighted by atomic mass is 32.1. The lowest BCUT2D eigenvalue weighted by atomic mass is 10.1. The molecule has 0 unspecified atom stereocenters. The summed E-state index contributed by atoms with van der Waals surface area (Å²) < 4.78 is 11.6. The molecule has 8 heteroatoms. The number of amides is 2. The average Bonchev–Trinajstić information content (AvgIpc) is 3.26. The zero-order chi connectivity index (χ0) is 23.9. The molecule has 7 nitrogen and oxygen atoms in total. The molecule has 0 aliphatic heterocycles. The number of carbonyl (C=O) groups is 2. The van der Waals surface area contributed by atoms with Crippen molar-refractivity contribution in [2.75, 3.05) is 17.2 Å². The molecule has 0 saturated heterocycles. The number of para-hydroxylation sites is 3. The van der Waals surface area contributed by atoms with Crippen molar-refractivity contribution in [3.63, 3.8) is 0 Å². The molecule has 1 heterocycles. The zero-order valence-corrected chi connectivity index (χ0v) is 19.5. The summed E-state index contributed by atoms with van der Waals surface area (Å²) in [7, 11) is 0. The first kappa shape index (κ1) is 23.0. The van der Waals surface area contributed by atoms with Gasteiger partial charge in [-0.15, -0.1) is 11.3 Å². The molecule has 2 N–H and O–H groups in total. The Morgan fingerprint density at radius 1 is 0.912 bits per heavy atom. The third kappa shape index (κ3) is 5.99. The summed E-state index contributed by atoms with van der Waals surface area (Å²) >= 11 is 1.55. The highest BCUT2D eigenvalue weighted by Gasteiger charge is 2.13. The van der Waals surface area contributed by atoms with Crippen LogP contribution in [0.25, 0.3) is 11.3 Å². The number of nitrogens with one attached hydrogen (secondary N) is 2. The molecular formula is C26H23N3O4S. The lowest BCUT2D eigenvalue weighted by Crippen LogP contribution is -2.21. The van der Waals surface area contributed by atoms with Crippen LogP contribution in [0.5, 0.6) is 17.2 Å². The van der Waals surface area contributed by atoms with Crippen molar-refractivity contribution < 1.29 is 19.1 Å². The van der Waals surface area contributed by atoms with Gasteiger partial charge in [-0.25, -0.2) is 4.98 Å². The number of aryl methyl sites for hydroxylation is 1. The molecule has 3 aromatic carbocycles. The second-order valence-corrected chi connectivity index (χ2v) is 8.45. The Kier molecular flexibility index (Phi) is 7.19. The van der Waals surface area contributed by atoms with E-state index in [2.05, 4.69) is 15.6 Å². The number of rotatable bonds is 8. The van der Waals surface area contributed by atoms with Gasteiger partial charge >= 0.3 is 0 Å². The van der Waals surface area contributed by atoms with Crippen LogP contribution in [0.15, 0.2) is 78.2 Å². The van der Waals surface area contributed by atoms with E-state index in [1.807, 2.05) is 60.8 Å². The monoisotopic (exact) mass is 473 g/mol. The van der Waals surface area contributed by atoms with E-state index in [4.69, 9.17) is 9.47 Å². The van der Waals surface area contributed by atoms with Crippen LogP contribution in [-0.2, 0) is 9.59 Å². The summed E-state index contributed by atoms with van der Waals surface area (Å²) in [5, 5.41) is 8.47. The number of benzene rings is 3. The molecule has 0 saturated carbocycles. The first-order chi connectivity index (χ1) is 16.5. The topological polar surface area (TPSA) is 89.5 Å². The van der Waals surface area contributed by atoms with Crippen molar-refractivity contribution in [3.05, 3.63) is 83.2 Å². The molecular weight excluding hydrogens is 450 g/mol. The Balaban J connectivity index is 1.45. The minimum absolute atomic E-state index is 0.243. The predicted octanol–water partition coefficient (Wildman–Crippen LogP) is 5.89. The smallest absolute Gasteiger partial charge is 0.262 e. The van der Waals surface area contributed by atoms with Crippen LogP contribution in [0.3, 0.4) is 0 Å². The van der Waals surface area contributed by atoms with Crippen molar-refractivity contribution in [1.82, 2.24) is 4.98 Å². The quantitative estimate of drug-likeness (QED) is 0.333. The highest BCUT2D eigenvalue weighted by Crippen LogP contribution is 2.32. The van der Waals surface area contributed by atoms with Crippen LogP contribution in [0.4, 0.5) is 11.4 Å². The fraction of sp³-hybridized carbons (Fsp3) is 0.115. The van der Waals surface area contributed by atoms with Gasteiger partial charge in [-0.05, 0) is 49.4 Å². The number of hydrogen-bond donors (Lipinski definition) is 2. The number of nitrogens with zero attached hydrogens (tertiary/aromatic N) is 1. The number of thiazole rings is 1. The zero-order valence-electron chi connectivity index (χ0n) is 18.7. The van der Waals surface area contributed by atoms with Gasteiger partial charge in [0.15, 0.2) is 12.4 Å². The minimum atomic E-state index is -0.364. The molecule has 4 aromatic rings. The van der Waals surface area contributed by atoms with Crippen molar-refractivity contribution >= 4 is 34.5 Å². The molecule has 1 aromatic heterocycles. The van der Waals surface area contributed by atoms with E-state index in [1.54, 1.807) is 35.6 Å². The van der Waals surface area contributed by atoms with Crippen LogP contribution in [-0.4, -0.2) is 23.4 Å². The van der Waals surface area contributed by atoms with Crippen molar-refractivity contribution in [3.8, 4) is 28.5 Å². The van der Waals surface area contributed by atoms with Gasteiger partial charge in [-0.1, -0.05) is 30.3 Å². The fourth-order valence-corrected chi connectivity index (χ4v) is 3.82. The van der Waals surface area contributed by atoms with Crippen molar-refractivity contribution in [1.29, 1.82) is 0 Å². The lowest BCUT2D eigenvalue weighted by molar-refractivity contribution is -0.118. The summed E-state index contributed by atoms with van der Waals surface area (Å²) in [5.41, 5.74) is 2.65. The van der Waals surface area contributed by atoms with Gasteiger partial charge in [0, 0.05) is 17.9 Å². The van der Waals surface area contributed by atoms with Crippen LogP contribution < -0.4 is 20.1 Å². The summed E-state index contributed by atoms with van der Waals surface area (Å²) in [6, 6.07) is 21.8. The normalized spacial score (nSPS) is 10.4. The first-order valence-electron chi connectivity index (χ1n) is 10.6. The number of aromatic nitrogens is 1. The maximum atomic E-state index is 12.6. The van der Waals surface area contributed by atoms with Crippen LogP contribution in [0, 0.1) is 6.92 Å². The Morgan fingerprint density at radius 2 is 1.68 bits per heavy atom. The number of carbonyl (C=O) groups excluding carboxylic acids is 2. The number of hydrogen-bond acceptors (Lipinski definition) is 6. The van der Waals surface area contributed by atoms with Gasteiger partial charge < -0.3 is 20.1 Å². The lowest BCUT2D eigenvalue weighted by Gasteiger charge is -2.14. The molecule has 0 atom stereocenters. The summed E-state index contributed by atoms with van der Waals surface area (Å²) in [4.78, 5) is 28.8. The van der Waals surface area contributed by atoms with Crippen LogP contribution in [0.1, 0.15) is 11.9 Å². The molecule has 0 spiro atoms. The molecule has 4 rings (SSSR count). The molecule has 172 valence electrons. The van der Waals surface area contributed by atoms with Gasteiger partial charge in [0.2, 0.25) is 5.91 Å². The molecule has 34 heavy (non-hydrogen) atoms. The van der Waals surface area contributed by atoms with Gasteiger partial charge in [0.1, 0.15) is 11.5 Å². The van der Waals surface area contributed by atoms with Crippen LogP contribution in [0.2, 0.25) is 0 Å². The second kappa shape index (κ2) is 10.6. The molecule has 0 fully saturated rings. The summed E-state index contributed by atoms with van der Waals surface area (Å²) in [5.74, 6) is 0.958. The average molecular weight is 474 g/mol. The summed E-state index contributed by atoms with van der Waals surface area (Å²) in [6.45, 7) is 3.10. The van der Waals surface area contributed by atoms with E-state index in [9.17, 15) is 9.59 Å². The van der Waals surface area contributed by atoms with E-state index in [1.165, 1.54) is 6.92 Å². The van der Waals surface area contributed by atoms with Gasteiger partial charge in [0.05, 0.1) is 22.1 Å². The van der Waals surface area contributed by atoms with E-state index in [0.717, 1.165) is 16.3 Å². The molecule has 2 amide bonds. The van der Waals surface area contributed by atoms with Gasteiger partial charge in [-0.2, -0.15) is 0 Å². The number of anilines is 2. The van der Waals surface area contributed by atoms with Crippen molar-refractivity contribution in [2.45, 2.75) is 13.8 Å². The van der Waals surface area contributed by atoms with E-state index >= 15 is 0 Å². The molecule has 0 radical (unpaired) electrons. The second-order valence-electron chi connectivity index (χ2n) is 7.39. The third-order valence-corrected chi connectivity index (χ3v) is 5.47. The Morgan fingerprint density at radius 3 is 2.41 bits per heavy atom. The Hall–Kier alpha value is -4.17. The van der Waals surface area contributed by atoms with Gasteiger partial charge in [-0.3, -0.25) is 9.59 Å². The molecule has 0 bridgehead atoms. The number of ether oxygens (including phenoxy) is 2. The molecule has 0 aliphatic rings. The first-order valence-corrected chi connectivity index (χ1v) is 11.4. The van der Waals surface area contributed by atoms with E-state index < -0.39 is 0 Å². The van der Waals surface area contributed by atoms with Gasteiger partial charge in [0.25, 0.3) is 5.91 Å². The van der Waals surface area contributed by atoms with Crippen molar-refractivity contribution in [2.24, 2.45) is 0 Å². The third-order valence-electron chi connectivity index (χ3n) is 4.70. The highest BCUT2D eigenvalue weighted by molar-refractivity contribution is 7.09. The SMILES string of the molecule is CC(=O)Nc1cc(-c2csc(C)n2)ccc1OCC(=O)Nc1ccccc1Oc1ccccc1. The Labute approximate surface area is 201 Å². The standard InChI is InChI=1S/C26H23N3O4S/c1-17(30)27-22-14-19(23-16-34-18(2)28-23)12-13-24(22)32-15-26(31)29-21-10-6-7-11-25(21)33-20-8-4-3-5-9-20/h3-14,16H,15H2,1-2H3,(H,27,30)(H,29,31). The van der Waals surface area contributed by atoms with E-state index in [0.29, 0.717) is 28.6 Å². The summed E-state index contributed by atoms with van der Waals surface area (Å²) in [6.07, 6.45) is 0. The minimum Gasteiger partial charge on any atom is -0.482 e. The largest absolute Gasteiger partial charge is 0.482 e. The maximum Gasteiger partial charge on any atom is 0.262 e.